The Morgan fingerprint density at radius 2 is 2.24 bits per heavy atom. The van der Waals surface area contributed by atoms with E-state index in [9.17, 15) is 14.7 Å². The summed E-state index contributed by atoms with van der Waals surface area (Å²) in [6.45, 7) is 1.36. The van der Waals surface area contributed by atoms with Crippen molar-refractivity contribution >= 4 is 11.8 Å². The van der Waals surface area contributed by atoms with Crippen LogP contribution in [0.1, 0.15) is 29.8 Å². The van der Waals surface area contributed by atoms with Crippen molar-refractivity contribution in [2.24, 2.45) is 0 Å². The molecule has 7 nitrogen and oxygen atoms in total. The van der Waals surface area contributed by atoms with Crippen LogP contribution in [0, 0.1) is 0 Å². The summed E-state index contributed by atoms with van der Waals surface area (Å²) in [6.07, 6.45) is 2.77. The molecule has 1 aromatic rings. The molecule has 3 N–H and O–H groups in total. The summed E-state index contributed by atoms with van der Waals surface area (Å²) in [4.78, 5) is 23.2. The molecule has 2 heterocycles. The van der Waals surface area contributed by atoms with E-state index in [1.807, 2.05) is 0 Å². The first-order valence-electron chi connectivity index (χ1n) is 6.98. The zero-order valence-electron chi connectivity index (χ0n) is 11.8. The number of ether oxygens (including phenoxy) is 1. The molecule has 1 saturated heterocycles. The molecule has 1 aliphatic rings. The molecular formula is C14H20N2O5. The molecule has 2 rings (SSSR count). The highest BCUT2D eigenvalue weighted by atomic mass is 16.5. The predicted octanol–water partition coefficient (Wildman–Crippen LogP) is 0.0572. The van der Waals surface area contributed by atoms with Gasteiger partial charge in [-0.15, -0.1) is 0 Å². The number of aliphatic hydroxyl groups is 1. The number of hydrogen-bond acceptors (Lipinski definition) is 5. The maximum atomic E-state index is 11.6. The third-order valence-corrected chi connectivity index (χ3v) is 3.31. The molecule has 21 heavy (non-hydrogen) atoms. The molecular weight excluding hydrogens is 276 g/mol. The molecule has 0 radical (unpaired) electrons. The number of carbonyl (C=O) groups is 2. The first-order valence-corrected chi connectivity index (χ1v) is 6.98. The predicted molar refractivity (Wildman–Crippen MR) is 73.7 cm³/mol. The third kappa shape index (κ3) is 4.87. The third-order valence-electron chi connectivity index (χ3n) is 3.31. The van der Waals surface area contributed by atoms with E-state index < -0.39 is 5.60 Å². The first kappa shape index (κ1) is 15.5. The highest BCUT2D eigenvalue weighted by Crippen LogP contribution is 2.16. The van der Waals surface area contributed by atoms with Gasteiger partial charge in [0.1, 0.15) is 5.60 Å². The van der Waals surface area contributed by atoms with Crippen LogP contribution >= 0.6 is 0 Å². The van der Waals surface area contributed by atoms with Gasteiger partial charge in [0.05, 0.1) is 12.9 Å². The van der Waals surface area contributed by atoms with Crippen molar-refractivity contribution in [3.05, 3.63) is 24.2 Å². The van der Waals surface area contributed by atoms with E-state index in [2.05, 4.69) is 10.6 Å². The first-order chi connectivity index (χ1) is 10.1. The van der Waals surface area contributed by atoms with Crippen molar-refractivity contribution < 1.29 is 23.8 Å². The molecule has 0 aliphatic carbocycles. The number of furan rings is 1. The minimum absolute atomic E-state index is 0.150. The Kier molecular flexibility index (Phi) is 5.35. The minimum atomic E-state index is -0.941. The van der Waals surface area contributed by atoms with E-state index in [-0.39, 0.29) is 37.1 Å². The van der Waals surface area contributed by atoms with Crippen molar-refractivity contribution in [2.45, 2.75) is 24.9 Å². The van der Waals surface area contributed by atoms with Crippen molar-refractivity contribution in [1.29, 1.82) is 0 Å². The van der Waals surface area contributed by atoms with Gasteiger partial charge in [0.25, 0.3) is 5.91 Å². The fraction of sp³-hybridized carbons (Fsp3) is 0.571. The molecule has 0 aromatic carbocycles. The van der Waals surface area contributed by atoms with Gasteiger partial charge >= 0.3 is 0 Å². The Morgan fingerprint density at radius 3 is 2.90 bits per heavy atom. The summed E-state index contributed by atoms with van der Waals surface area (Å²) in [5, 5.41) is 15.3. The van der Waals surface area contributed by atoms with Crippen LogP contribution in [0.2, 0.25) is 0 Å². The number of amides is 2. The van der Waals surface area contributed by atoms with Gasteiger partial charge in [-0.2, -0.15) is 0 Å². The van der Waals surface area contributed by atoms with E-state index in [1.54, 1.807) is 12.1 Å². The fourth-order valence-corrected chi connectivity index (χ4v) is 2.03. The molecule has 2 amide bonds. The lowest BCUT2D eigenvalue weighted by Crippen LogP contribution is -2.43. The average molecular weight is 296 g/mol. The molecule has 7 heteroatoms. The largest absolute Gasteiger partial charge is 0.459 e. The Labute approximate surface area is 122 Å². The second-order valence-corrected chi connectivity index (χ2v) is 5.14. The lowest BCUT2D eigenvalue weighted by molar-refractivity contribution is -0.122. The highest BCUT2D eigenvalue weighted by molar-refractivity contribution is 5.91. The summed E-state index contributed by atoms with van der Waals surface area (Å²) >= 11 is 0. The lowest BCUT2D eigenvalue weighted by atomic mass is 10.0. The zero-order valence-corrected chi connectivity index (χ0v) is 11.8. The van der Waals surface area contributed by atoms with Gasteiger partial charge in [-0.1, -0.05) is 0 Å². The number of rotatable bonds is 7. The zero-order chi connectivity index (χ0) is 15.1. The molecule has 0 spiro atoms. The van der Waals surface area contributed by atoms with Crippen LogP contribution in [-0.4, -0.2) is 48.8 Å². The van der Waals surface area contributed by atoms with Gasteiger partial charge in [-0.25, -0.2) is 0 Å². The summed E-state index contributed by atoms with van der Waals surface area (Å²) in [7, 11) is 0. The second kappa shape index (κ2) is 7.24. The van der Waals surface area contributed by atoms with Crippen molar-refractivity contribution in [2.75, 3.05) is 26.3 Å². The Balaban J connectivity index is 1.56. The van der Waals surface area contributed by atoms with Crippen LogP contribution in [-0.2, 0) is 9.53 Å². The summed E-state index contributed by atoms with van der Waals surface area (Å²) in [5.74, 6) is -0.191. The van der Waals surface area contributed by atoms with Gasteiger partial charge in [-0.3, -0.25) is 9.59 Å². The normalized spacial score (nSPS) is 21.2. The van der Waals surface area contributed by atoms with Crippen molar-refractivity contribution in [1.82, 2.24) is 10.6 Å². The van der Waals surface area contributed by atoms with Crippen molar-refractivity contribution in [3.63, 3.8) is 0 Å². The number of hydrogen-bond donors (Lipinski definition) is 3. The van der Waals surface area contributed by atoms with Gasteiger partial charge in [-0.05, 0) is 18.6 Å². The molecule has 1 fully saturated rings. The maximum absolute atomic E-state index is 11.6. The number of carbonyl (C=O) groups excluding carboxylic acids is 2. The van der Waals surface area contributed by atoms with E-state index in [0.29, 0.717) is 26.0 Å². The molecule has 1 unspecified atom stereocenters. The van der Waals surface area contributed by atoms with Gasteiger partial charge in [0.15, 0.2) is 5.76 Å². The SMILES string of the molecule is O=C(CCCNC(=O)c1ccco1)NCC1(O)CCOC1. The monoisotopic (exact) mass is 296 g/mol. The second-order valence-electron chi connectivity index (χ2n) is 5.14. The molecule has 0 bridgehead atoms. The summed E-state index contributed by atoms with van der Waals surface area (Å²) < 4.78 is 10.0. The van der Waals surface area contributed by atoms with Gasteiger partial charge in [0.2, 0.25) is 5.91 Å². The minimum Gasteiger partial charge on any atom is -0.459 e. The van der Waals surface area contributed by atoms with Gasteiger partial charge < -0.3 is 24.9 Å². The maximum Gasteiger partial charge on any atom is 0.286 e. The quantitative estimate of drug-likeness (QED) is 0.618. The van der Waals surface area contributed by atoms with E-state index >= 15 is 0 Å². The van der Waals surface area contributed by atoms with Crippen LogP contribution in [0.5, 0.6) is 0 Å². The van der Waals surface area contributed by atoms with Crippen LogP contribution < -0.4 is 10.6 Å². The standard InChI is InChI=1S/C14H20N2O5/c17-12(16-9-14(19)5-8-20-10-14)4-1-6-15-13(18)11-3-2-7-21-11/h2-3,7,19H,1,4-6,8-10H2,(H,15,18)(H,16,17). The average Bonchev–Trinajstić information content (AvgIpc) is 3.13. The lowest BCUT2D eigenvalue weighted by Gasteiger charge is -2.20. The molecule has 0 saturated carbocycles. The smallest absolute Gasteiger partial charge is 0.286 e. The van der Waals surface area contributed by atoms with Crippen molar-refractivity contribution in [3.8, 4) is 0 Å². The van der Waals surface area contributed by atoms with Crippen LogP contribution in [0.25, 0.3) is 0 Å². The Morgan fingerprint density at radius 1 is 1.38 bits per heavy atom. The molecule has 1 aromatic heterocycles. The Bertz CT molecular complexity index is 466. The summed E-state index contributed by atoms with van der Waals surface area (Å²) in [5.41, 5.74) is -0.941. The summed E-state index contributed by atoms with van der Waals surface area (Å²) in [6, 6.07) is 3.21. The Hall–Kier alpha value is -1.86. The fourth-order valence-electron chi connectivity index (χ4n) is 2.03. The molecule has 1 aliphatic heterocycles. The van der Waals surface area contributed by atoms with Crippen LogP contribution in [0.15, 0.2) is 22.8 Å². The van der Waals surface area contributed by atoms with Crippen LogP contribution in [0.3, 0.4) is 0 Å². The van der Waals surface area contributed by atoms with Crippen LogP contribution in [0.4, 0.5) is 0 Å². The topological polar surface area (TPSA) is 101 Å². The number of nitrogens with one attached hydrogen (secondary N) is 2. The molecule has 1 atom stereocenters. The van der Waals surface area contributed by atoms with Gasteiger partial charge in [0, 0.05) is 32.5 Å². The highest BCUT2D eigenvalue weighted by Gasteiger charge is 2.32. The van der Waals surface area contributed by atoms with E-state index in [1.165, 1.54) is 6.26 Å². The van der Waals surface area contributed by atoms with E-state index in [0.717, 1.165) is 0 Å². The molecule has 116 valence electrons. The van der Waals surface area contributed by atoms with E-state index in [4.69, 9.17) is 9.15 Å².